The number of H-pyrrole nitrogens is 1. The van der Waals surface area contributed by atoms with Crippen molar-refractivity contribution in [1.29, 1.82) is 0 Å². The van der Waals surface area contributed by atoms with Crippen LogP contribution in [-0.4, -0.2) is 32.7 Å². The first kappa shape index (κ1) is 13.8. The molecule has 0 radical (unpaired) electrons. The maximum absolute atomic E-state index is 9.32. The summed E-state index contributed by atoms with van der Waals surface area (Å²) in [6, 6.07) is 0.129. The molecule has 0 bridgehead atoms. The predicted octanol–water partition coefficient (Wildman–Crippen LogP) is 1.18. The normalized spacial score (nSPS) is 12.9. The molecule has 2 aromatic rings. The Bertz CT molecular complexity index is 525. The van der Waals surface area contributed by atoms with Gasteiger partial charge in [0.25, 0.3) is 0 Å². The molecule has 2 heterocycles. The highest BCUT2D eigenvalue weighted by molar-refractivity contribution is 5.86. The molecule has 0 aliphatic heterocycles. The van der Waals surface area contributed by atoms with Crippen LogP contribution in [0.25, 0.3) is 11.0 Å². The van der Waals surface area contributed by atoms with Crippen molar-refractivity contribution < 1.29 is 5.11 Å². The molecule has 2 rings (SSSR count). The van der Waals surface area contributed by atoms with Crippen molar-refractivity contribution in [3.63, 3.8) is 0 Å². The molecule has 1 unspecified atom stereocenters. The van der Waals surface area contributed by atoms with Gasteiger partial charge in [0.05, 0.1) is 12.1 Å². The van der Waals surface area contributed by atoms with Gasteiger partial charge in [0.15, 0.2) is 5.82 Å². The van der Waals surface area contributed by atoms with Crippen molar-refractivity contribution in [2.45, 2.75) is 38.8 Å². The molecule has 0 spiro atoms. The number of nitrogens with two attached hydrogens (primary N) is 1. The smallest absolute Gasteiger partial charge is 0.151 e. The molecule has 2 aromatic heterocycles. The van der Waals surface area contributed by atoms with E-state index >= 15 is 0 Å². The Hall–Kier alpha value is -1.66. The van der Waals surface area contributed by atoms with Gasteiger partial charge in [-0.15, -0.1) is 0 Å². The Labute approximate surface area is 112 Å². The van der Waals surface area contributed by atoms with Crippen molar-refractivity contribution in [3.05, 3.63) is 18.1 Å². The van der Waals surface area contributed by atoms with Gasteiger partial charge in [-0.05, 0) is 6.42 Å². The van der Waals surface area contributed by atoms with E-state index in [1.54, 1.807) is 0 Å². The highest BCUT2D eigenvalue weighted by Crippen LogP contribution is 2.19. The van der Waals surface area contributed by atoms with Crippen LogP contribution in [0.3, 0.4) is 0 Å². The number of aromatic nitrogens is 3. The number of hydrogen-bond acceptors (Lipinski definition) is 5. The van der Waals surface area contributed by atoms with E-state index in [1.165, 1.54) is 6.33 Å². The van der Waals surface area contributed by atoms with Crippen LogP contribution >= 0.6 is 0 Å². The zero-order valence-corrected chi connectivity index (χ0v) is 11.2. The van der Waals surface area contributed by atoms with Crippen LogP contribution in [0.4, 0.5) is 5.82 Å². The van der Waals surface area contributed by atoms with Gasteiger partial charge in [-0.3, -0.25) is 0 Å². The molecular formula is C13H21N5O. The summed E-state index contributed by atoms with van der Waals surface area (Å²) in [5.74, 6) is 0.459. The SMILES string of the molecule is CCCCC(CO)NCc1c[nH]c2c(N)ncnc12. The van der Waals surface area contributed by atoms with Crippen molar-refractivity contribution in [2.24, 2.45) is 0 Å². The Morgan fingerprint density at radius 2 is 2.32 bits per heavy atom. The Kier molecular flexibility index (Phi) is 4.70. The number of hydrogen-bond donors (Lipinski definition) is 4. The lowest BCUT2D eigenvalue weighted by molar-refractivity contribution is 0.232. The summed E-state index contributed by atoms with van der Waals surface area (Å²) in [5, 5.41) is 12.7. The maximum Gasteiger partial charge on any atom is 0.151 e. The fourth-order valence-corrected chi connectivity index (χ4v) is 2.11. The van der Waals surface area contributed by atoms with Crippen LogP contribution in [0.2, 0.25) is 0 Å². The van der Waals surface area contributed by atoms with Crippen LogP contribution in [0.5, 0.6) is 0 Å². The molecule has 1 atom stereocenters. The summed E-state index contributed by atoms with van der Waals surface area (Å²) < 4.78 is 0. The largest absolute Gasteiger partial charge is 0.395 e. The first-order chi connectivity index (χ1) is 9.26. The van der Waals surface area contributed by atoms with E-state index in [-0.39, 0.29) is 12.6 Å². The molecule has 0 fully saturated rings. The fraction of sp³-hybridized carbons (Fsp3) is 0.538. The number of nitrogen functional groups attached to an aromatic ring is 1. The van der Waals surface area contributed by atoms with Gasteiger partial charge < -0.3 is 21.1 Å². The number of nitrogens with one attached hydrogen (secondary N) is 2. The predicted molar refractivity (Wildman–Crippen MR) is 75.5 cm³/mol. The van der Waals surface area contributed by atoms with Crippen LogP contribution < -0.4 is 11.1 Å². The molecule has 0 amide bonds. The Morgan fingerprint density at radius 3 is 3.05 bits per heavy atom. The number of rotatable bonds is 7. The minimum Gasteiger partial charge on any atom is -0.395 e. The Balaban J connectivity index is 2.03. The van der Waals surface area contributed by atoms with Crippen molar-refractivity contribution >= 4 is 16.9 Å². The number of aliphatic hydroxyl groups is 1. The van der Waals surface area contributed by atoms with E-state index in [4.69, 9.17) is 5.73 Å². The van der Waals surface area contributed by atoms with E-state index in [2.05, 4.69) is 27.2 Å². The van der Waals surface area contributed by atoms with E-state index in [0.717, 1.165) is 35.9 Å². The summed E-state index contributed by atoms with van der Waals surface area (Å²) in [5.41, 5.74) is 8.43. The molecule has 6 heteroatoms. The van der Waals surface area contributed by atoms with Crippen LogP contribution in [0, 0.1) is 0 Å². The molecular weight excluding hydrogens is 242 g/mol. The van der Waals surface area contributed by atoms with Gasteiger partial charge in [-0.2, -0.15) is 0 Å². The topological polar surface area (TPSA) is 99.8 Å². The van der Waals surface area contributed by atoms with Crippen LogP contribution in [0.15, 0.2) is 12.5 Å². The number of unbranched alkanes of at least 4 members (excludes halogenated alkanes) is 1. The van der Waals surface area contributed by atoms with Crippen LogP contribution in [-0.2, 0) is 6.54 Å². The lowest BCUT2D eigenvalue weighted by Gasteiger charge is -2.15. The minimum atomic E-state index is 0.129. The summed E-state index contributed by atoms with van der Waals surface area (Å²) in [6.45, 7) is 2.96. The molecule has 6 nitrogen and oxygen atoms in total. The molecule has 19 heavy (non-hydrogen) atoms. The highest BCUT2D eigenvalue weighted by Gasteiger charge is 2.10. The first-order valence-electron chi connectivity index (χ1n) is 6.67. The standard InChI is InChI=1S/C13H21N5O/c1-2-3-4-10(7-19)15-5-9-6-16-12-11(9)17-8-18-13(12)14/h6,8,10,15-16,19H,2-5,7H2,1H3,(H2,14,17,18). The summed E-state index contributed by atoms with van der Waals surface area (Å²) in [7, 11) is 0. The minimum absolute atomic E-state index is 0.129. The van der Waals surface area contributed by atoms with Gasteiger partial charge in [-0.25, -0.2) is 9.97 Å². The summed E-state index contributed by atoms with van der Waals surface area (Å²) >= 11 is 0. The molecule has 0 saturated heterocycles. The number of aromatic amines is 1. The van der Waals surface area contributed by atoms with Gasteiger partial charge in [0, 0.05) is 24.3 Å². The number of aliphatic hydroxyl groups excluding tert-OH is 1. The molecule has 104 valence electrons. The van der Waals surface area contributed by atoms with Gasteiger partial charge in [-0.1, -0.05) is 19.8 Å². The average molecular weight is 263 g/mol. The molecule has 0 saturated carbocycles. The molecule has 0 aliphatic carbocycles. The third kappa shape index (κ3) is 3.21. The number of fused-ring (bicyclic) bond motifs is 1. The van der Waals surface area contributed by atoms with E-state index in [9.17, 15) is 5.11 Å². The van der Waals surface area contributed by atoms with E-state index < -0.39 is 0 Å². The zero-order valence-electron chi connectivity index (χ0n) is 11.2. The van der Waals surface area contributed by atoms with Crippen LogP contribution in [0.1, 0.15) is 31.7 Å². The van der Waals surface area contributed by atoms with E-state index in [0.29, 0.717) is 12.4 Å². The Morgan fingerprint density at radius 1 is 1.47 bits per heavy atom. The lowest BCUT2D eigenvalue weighted by atomic mass is 10.1. The fourth-order valence-electron chi connectivity index (χ4n) is 2.11. The van der Waals surface area contributed by atoms with Crippen molar-refractivity contribution in [3.8, 4) is 0 Å². The first-order valence-corrected chi connectivity index (χ1v) is 6.67. The van der Waals surface area contributed by atoms with Crippen molar-refractivity contribution in [2.75, 3.05) is 12.3 Å². The number of anilines is 1. The highest BCUT2D eigenvalue weighted by atomic mass is 16.3. The van der Waals surface area contributed by atoms with Crippen molar-refractivity contribution in [1.82, 2.24) is 20.3 Å². The van der Waals surface area contributed by atoms with Gasteiger partial charge in [0.2, 0.25) is 0 Å². The summed E-state index contributed by atoms with van der Waals surface area (Å²) in [4.78, 5) is 11.3. The molecule has 0 aromatic carbocycles. The summed E-state index contributed by atoms with van der Waals surface area (Å²) in [6.07, 6.45) is 6.58. The molecule has 0 aliphatic rings. The zero-order chi connectivity index (χ0) is 13.7. The number of nitrogens with zero attached hydrogens (tertiary/aromatic N) is 2. The third-order valence-corrected chi connectivity index (χ3v) is 3.28. The second-order valence-electron chi connectivity index (χ2n) is 4.70. The second kappa shape index (κ2) is 6.49. The average Bonchev–Trinajstić information content (AvgIpc) is 2.84. The van der Waals surface area contributed by atoms with Gasteiger partial charge >= 0.3 is 0 Å². The third-order valence-electron chi connectivity index (χ3n) is 3.28. The second-order valence-corrected chi connectivity index (χ2v) is 4.70. The molecule has 5 N–H and O–H groups in total. The maximum atomic E-state index is 9.32. The lowest BCUT2D eigenvalue weighted by Crippen LogP contribution is -2.31. The van der Waals surface area contributed by atoms with Gasteiger partial charge in [0.1, 0.15) is 11.8 Å². The monoisotopic (exact) mass is 263 g/mol. The van der Waals surface area contributed by atoms with E-state index in [1.807, 2.05) is 6.20 Å². The quantitative estimate of drug-likeness (QED) is 0.601.